The summed E-state index contributed by atoms with van der Waals surface area (Å²) in [6.45, 7) is 0.307. The number of aromatic nitrogens is 1. The van der Waals surface area contributed by atoms with Crippen molar-refractivity contribution in [3.8, 4) is 5.75 Å². The Morgan fingerprint density at radius 2 is 2.04 bits per heavy atom. The first-order valence-electron chi connectivity index (χ1n) is 7.63. The predicted molar refractivity (Wildman–Crippen MR) is 94.6 cm³/mol. The molecule has 1 heterocycles. The zero-order valence-corrected chi connectivity index (χ0v) is 14.7. The van der Waals surface area contributed by atoms with E-state index in [1.165, 1.54) is 6.20 Å². The highest BCUT2D eigenvalue weighted by molar-refractivity contribution is 6.30. The van der Waals surface area contributed by atoms with E-state index >= 15 is 0 Å². The van der Waals surface area contributed by atoms with E-state index in [2.05, 4.69) is 10.3 Å². The molecule has 1 aromatic carbocycles. The van der Waals surface area contributed by atoms with Gasteiger partial charge in [-0.2, -0.15) is 0 Å². The molecule has 0 saturated heterocycles. The summed E-state index contributed by atoms with van der Waals surface area (Å²) >= 11 is 5.67. The van der Waals surface area contributed by atoms with Crippen LogP contribution in [-0.4, -0.2) is 24.2 Å². The first-order chi connectivity index (χ1) is 12.4. The van der Waals surface area contributed by atoms with Crippen molar-refractivity contribution in [1.29, 1.82) is 5.41 Å². The minimum Gasteiger partial charge on any atom is -0.497 e. The largest absolute Gasteiger partial charge is 0.497 e. The minimum atomic E-state index is -2.92. The number of allylic oxidation sites excluding steroid dienone is 2. The van der Waals surface area contributed by atoms with Gasteiger partial charge in [-0.1, -0.05) is 23.7 Å². The number of hydrogen-bond donors (Lipinski definition) is 2. The molecule has 0 amide bonds. The van der Waals surface area contributed by atoms with Crippen molar-refractivity contribution in [1.82, 2.24) is 10.3 Å². The number of methoxy groups -OCH3 is 1. The number of pyridine rings is 1. The number of benzene rings is 1. The van der Waals surface area contributed by atoms with Crippen molar-refractivity contribution in [3.63, 3.8) is 0 Å². The number of ether oxygens (including phenoxy) is 1. The van der Waals surface area contributed by atoms with Crippen LogP contribution in [0.25, 0.3) is 0 Å². The maximum Gasteiger partial charge on any atom is 0.279 e. The third kappa shape index (κ3) is 5.77. The van der Waals surface area contributed by atoms with E-state index in [0.29, 0.717) is 12.3 Å². The molecule has 0 aliphatic heterocycles. The van der Waals surface area contributed by atoms with Gasteiger partial charge in [-0.25, -0.2) is 13.2 Å². The second-order valence-electron chi connectivity index (χ2n) is 5.39. The van der Waals surface area contributed by atoms with E-state index in [0.717, 1.165) is 17.7 Å². The van der Waals surface area contributed by atoms with Crippen molar-refractivity contribution in [2.75, 3.05) is 7.11 Å². The van der Waals surface area contributed by atoms with Crippen molar-refractivity contribution in [3.05, 3.63) is 70.4 Å². The van der Waals surface area contributed by atoms with Crippen LogP contribution in [0, 0.1) is 11.2 Å². The van der Waals surface area contributed by atoms with Crippen LogP contribution in [-0.2, 0) is 13.0 Å². The number of hydrogen-bond acceptors (Lipinski definition) is 4. The average Bonchev–Trinajstić information content (AvgIpc) is 2.62. The molecule has 4 nitrogen and oxygen atoms in total. The van der Waals surface area contributed by atoms with Crippen LogP contribution in [0.3, 0.4) is 0 Å². The van der Waals surface area contributed by atoms with Crippen LogP contribution in [0.1, 0.15) is 11.3 Å². The monoisotopic (exact) mass is 383 g/mol. The molecular formula is C18H17ClF3N3O. The minimum absolute atomic E-state index is 0.0462. The number of nitrogens with zero attached hydrogens (tertiary/aromatic N) is 1. The van der Waals surface area contributed by atoms with Gasteiger partial charge in [0.25, 0.3) is 6.43 Å². The van der Waals surface area contributed by atoms with E-state index in [1.54, 1.807) is 19.2 Å². The molecule has 8 heteroatoms. The fourth-order valence-corrected chi connectivity index (χ4v) is 2.27. The number of rotatable bonds is 8. The lowest BCUT2D eigenvalue weighted by atomic mass is 10.1. The molecule has 26 heavy (non-hydrogen) atoms. The van der Waals surface area contributed by atoms with Gasteiger partial charge in [0.1, 0.15) is 11.6 Å². The molecule has 0 spiro atoms. The molecule has 0 saturated carbocycles. The van der Waals surface area contributed by atoms with Crippen LogP contribution < -0.4 is 10.1 Å². The highest BCUT2D eigenvalue weighted by atomic mass is 35.5. The van der Waals surface area contributed by atoms with Gasteiger partial charge in [0.05, 0.1) is 23.5 Å². The highest BCUT2D eigenvalue weighted by Gasteiger charge is 2.13. The van der Waals surface area contributed by atoms with E-state index in [9.17, 15) is 13.2 Å². The summed E-state index contributed by atoms with van der Waals surface area (Å²) in [5.41, 5.74) is 0.297. The Hall–Kier alpha value is -2.54. The summed E-state index contributed by atoms with van der Waals surface area (Å²) in [5.74, 6) is 0.0506. The van der Waals surface area contributed by atoms with Crippen molar-refractivity contribution in [2.24, 2.45) is 0 Å². The van der Waals surface area contributed by atoms with Gasteiger partial charge in [0.15, 0.2) is 0 Å². The highest BCUT2D eigenvalue weighted by Crippen LogP contribution is 2.16. The van der Waals surface area contributed by atoms with E-state index < -0.39 is 18.0 Å². The third-order valence-corrected chi connectivity index (χ3v) is 3.69. The Bertz CT molecular complexity index is 795. The fraction of sp³-hybridized carbons (Fsp3) is 0.222. The summed E-state index contributed by atoms with van der Waals surface area (Å²) < 4.78 is 44.4. The Kier molecular flexibility index (Phi) is 7.03. The topological polar surface area (TPSA) is 58.0 Å². The summed E-state index contributed by atoms with van der Waals surface area (Å²) in [6, 6.07) is 8.25. The van der Waals surface area contributed by atoms with Crippen LogP contribution in [0.2, 0.25) is 5.02 Å². The van der Waals surface area contributed by atoms with Gasteiger partial charge >= 0.3 is 0 Å². The SMILES string of the molecule is COc1ccc(CN/C(=C\C(=N)C(F)F)Cc2ncc(Cl)cc2F)cc1. The van der Waals surface area contributed by atoms with Gasteiger partial charge in [0.2, 0.25) is 0 Å². The molecule has 0 atom stereocenters. The number of alkyl halides is 2. The number of nitrogens with one attached hydrogen (secondary N) is 2. The Labute approximate surface area is 154 Å². The molecule has 0 aliphatic carbocycles. The average molecular weight is 384 g/mol. The molecule has 138 valence electrons. The summed E-state index contributed by atoms with van der Waals surface area (Å²) in [7, 11) is 1.55. The third-order valence-electron chi connectivity index (χ3n) is 3.49. The normalized spacial score (nSPS) is 11.5. The zero-order valence-electron chi connectivity index (χ0n) is 13.9. The lowest BCUT2D eigenvalue weighted by Crippen LogP contribution is -2.19. The lowest BCUT2D eigenvalue weighted by molar-refractivity contribution is 0.226. The quantitative estimate of drug-likeness (QED) is 0.665. The van der Waals surface area contributed by atoms with Gasteiger partial charge in [-0.15, -0.1) is 0 Å². The van der Waals surface area contributed by atoms with Gasteiger partial charge in [-0.05, 0) is 29.8 Å². The molecule has 0 aliphatic rings. The molecule has 0 unspecified atom stereocenters. The predicted octanol–water partition coefficient (Wildman–Crippen LogP) is 4.38. The first-order valence-corrected chi connectivity index (χ1v) is 8.00. The van der Waals surface area contributed by atoms with Gasteiger partial charge < -0.3 is 10.1 Å². The Morgan fingerprint density at radius 3 is 2.62 bits per heavy atom. The van der Waals surface area contributed by atoms with E-state index in [4.69, 9.17) is 21.7 Å². The van der Waals surface area contributed by atoms with Crippen molar-refractivity contribution in [2.45, 2.75) is 19.4 Å². The molecular weight excluding hydrogens is 367 g/mol. The second-order valence-corrected chi connectivity index (χ2v) is 5.82. The summed E-state index contributed by atoms with van der Waals surface area (Å²) in [5, 5.41) is 10.4. The standard InChI is InChI=1S/C18H17ClF3N3O/c1-26-14-4-2-11(3-5-14)9-24-13(7-16(23)18(21)22)8-17-15(20)6-12(19)10-25-17/h2-7,10,18,23-24H,8-9H2,1H3/b13-7-,23-16?. The zero-order chi connectivity index (χ0) is 19.1. The molecule has 2 rings (SSSR count). The Balaban J connectivity index is 2.16. The van der Waals surface area contributed by atoms with Crippen molar-refractivity contribution >= 4 is 17.3 Å². The fourth-order valence-electron chi connectivity index (χ4n) is 2.13. The molecule has 0 bridgehead atoms. The lowest BCUT2D eigenvalue weighted by Gasteiger charge is -2.13. The van der Waals surface area contributed by atoms with E-state index in [-0.39, 0.29) is 22.8 Å². The maximum atomic E-state index is 13.9. The Morgan fingerprint density at radius 1 is 1.35 bits per heavy atom. The van der Waals surface area contributed by atoms with Crippen LogP contribution in [0.4, 0.5) is 13.2 Å². The summed E-state index contributed by atoms with van der Waals surface area (Å²) in [4.78, 5) is 3.89. The van der Waals surface area contributed by atoms with Crippen LogP contribution in [0.5, 0.6) is 5.75 Å². The maximum absolute atomic E-state index is 13.9. The van der Waals surface area contributed by atoms with E-state index in [1.807, 2.05) is 12.1 Å². The molecule has 2 N–H and O–H groups in total. The van der Waals surface area contributed by atoms with Gasteiger partial charge in [-0.3, -0.25) is 10.4 Å². The molecule has 0 fully saturated rings. The summed E-state index contributed by atoms with van der Waals surface area (Å²) in [6.07, 6.45) is -0.728. The van der Waals surface area contributed by atoms with Gasteiger partial charge in [0, 0.05) is 24.9 Å². The first kappa shape index (κ1) is 19.8. The van der Waals surface area contributed by atoms with Crippen LogP contribution in [0.15, 0.2) is 48.3 Å². The number of halogens is 4. The smallest absolute Gasteiger partial charge is 0.279 e. The molecule has 1 aromatic heterocycles. The molecule has 2 aromatic rings. The molecule has 0 radical (unpaired) electrons. The second kappa shape index (κ2) is 9.24. The van der Waals surface area contributed by atoms with Crippen molar-refractivity contribution < 1.29 is 17.9 Å². The van der Waals surface area contributed by atoms with Crippen LogP contribution >= 0.6 is 11.6 Å².